The first kappa shape index (κ1) is 17.8. The molecule has 136 valence electrons. The molecule has 0 aliphatic heterocycles. The van der Waals surface area contributed by atoms with Gasteiger partial charge in [0.05, 0.1) is 10.6 Å². The summed E-state index contributed by atoms with van der Waals surface area (Å²) in [5.41, 5.74) is 1.83. The Morgan fingerprint density at radius 2 is 1.88 bits per heavy atom. The molecule has 6 nitrogen and oxygen atoms in total. The van der Waals surface area contributed by atoms with E-state index < -0.39 is 10.0 Å². The van der Waals surface area contributed by atoms with E-state index in [1.54, 1.807) is 29.9 Å². The number of benzene rings is 1. The van der Waals surface area contributed by atoms with E-state index in [1.165, 1.54) is 19.3 Å². The van der Waals surface area contributed by atoms with Crippen molar-refractivity contribution in [3.63, 3.8) is 0 Å². The maximum Gasteiger partial charge on any atom is 0.263 e. The summed E-state index contributed by atoms with van der Waals surface area (Å²) < 4.78 is 29.8. The van der Waals surface area contributed by atoms with Crippen molar-refractivity contribution in [3.05, 3.63) is 36.0 Å². The first-order valence-electron chi connectivity index (χ1n) is 8.71. The Bertz CT molecular complexity index is 837. The highest BCUT2D eigenvalue weighted by Gasteiger charge is 2.22. The van der Waals surface area contributed by atoms with Crippen molar-refractivity contribution in [1.29, 1.82) is 0 Å². The summed E-state index contributed by atoms with van der Waals surface area (Å²) >= 11 is 0. The van der Waals surface area contributed by atoms with Gasteiger partial charge in [0.1, 0.15) is 5.82 Å². The van der Waals surface area contributed by atoms with E-state index in [0.717, 1.165) is 24.2 Å². The molecule has 0 atom stereocenters. The highest BCUT2D eigenvalue weighted by molar-refractivity contribution is 7.92. The lowest BCUT2D eigenvalue weighted by atomic mass is 9.87. The molecular formula is C18H26N4O2S. The molecule has 1 aliphatic carbocycles. The summed E-state index contributed by atoms with van der Waals surface area (Å²) in [6.45, 7) is 0. The molecule has 7 heteroatoms. The van der Waals surface area contributed by atoms with Gasteiger partial charge in [-0.1, -0.05) is 25.3 Å². The van der Waals surface area contributed by atoms with E-state index in [9.17, 15) is 8.42 Å². The third-order valence-electron chi connectivity index (χ3n) is 4.81. The molecule has 1 heterocycles. The molecule has 25 heavy (non-hydrogen) atoms. The molecule has 0 amide bonds. The van der Waals surface area contributed by atoms with Crippen LogP contribution in [0, 0.1) is 0 Å². The van der Waals surface area contributed by atoms with Crippen LogP contribution in [0.3, 0.4) is 0 Å². The molecule has 1 aliphatic rings. The zero-order valence-electron chi connectivity index (χ0n) is 15.1. The predicted octanol–water partition coefficient (Wildman–Crippen LogP) is 3.33. The Balaban J connectivity index is 1.83. The van der Waals surface area contributed by atoms with Crippen LogP contribution in [0.25, 0.3) is 0 Å². The first-order chi connectivity index (χ1) is 11.9. The van der Waals surface area contributed by atoms with Crippen molar-refractivity contribution < 1.29 is 8.42 Å². The number of anilines is 2. The molecule has 0 saturated heterocycles. The van der Waals surface area contributed by atoms with E-state index in [1.807, 2.05) is 31.1 Å². The quantitative estimate of drug-likeness (QED) is 0.886. The molecule has 1 aromatic heterocycles. The second-order valence-electron chi connectivity index (χ2n) is 6.91. The molecule has 1 fully saturated rings. The average molecular weight is 362 g/mol. The third-order valence-corrected chi connectivity index (χ3v) is 6.16. The van der Waals surface area contributed by atoms with Gasteiger partial charge in [0.25, 0.3) is 10.0 Å². The van der Waals surface area contributed by atoms with Crippen LogP contribution >= 0.6 is 0 Å². The maximum absolute atomic E-state index is 12.7. The Hall–Kier alpha value is -2.02. The lowest BCUT2D eigenvalue weighted by Crippen LogP contribution is -2.16. The van der Waals surface area contributed by atoms with Crippen molar-refractivity contribution in [3.8, 4) is 0 Å². The molecule has 0 bridgehead atoms. The van der Waals surface area contributed by atoms with Crippen LogP contribution in [0.2, 0.25) is 0 Å². The Kier molecular flexibility index (Phi) is 5.03. The molecule has 0 unspecified atom stereocenters. The molecule has 2 aromatic rings. The van der Waals surface area contributed by atoms with Crippen molar-refractivity contribution >= 4 is 21.5 Å². The highest BCUT2D eigenvalue weighted by atomic mass is 32.2. The number of nitrogens with zero attached hydrogens (tertiary/aromatic N) is 3. The fourth-order valence-electron chi connectivity index (χ4n) is 3.31. The summed E-state index contributed by atoms with van der Waals surface area (Å²) in [7, 11) is 1.90. The Labute approximate surface area is 149 Å². The molecular weight excluding hydrogens is 336 g/mol. The normalized spacial score (nSPS) is 16.0. The number of aryl methyl sites for hydroxylation is 1. The average Bonchev–Trinajstić information content (AvgIpc) is 2.96. The lowest BCUT2D eigenvalue weighted by Gasteiger charge is -2.19. The number of aromatic nitrogens is 2. The maximum atomic E-state index is 12.7. The summed E-state index contributed by atoms with van der Waals surface area (Å²) in [6.07, 6.45) is 5.99. The van der Waals surface area contributed by atoms with Gasteiger partial charge in [-0.25, -0.2) is 8.42 Å². The van der Waals surface area contributed by atoms with Crippen molar-refractivity contribution in [2.75, 3.05) is 23.7 Å². The number of rotatable bonds is 5. The monoisotopic (exact) mass is 362 g/mol. The summed E-state index contributed by atoms with van der Waals surface area (Å²) in [6, 6.07) is 8.78. The van der Waals surface area contributed by atoms with E-state index in [0.29, 0.717) is 11.7 Å². The molecule has 0 radical (unpaired) electrons. The summed E-state index contributed by atoms with van der Waals surface area (Å²) in [5.74, 6) is 0.950. The zero-order chi connectivity index (χ0) is 18.0. The van der Waals surface area contributed by atoms with Crippen molar-refractivity contribution in [2.45, 2.75) is 42.9 Å². The molecule has 0 spiro atoms. The SMILES string of the molecule is CN(C)c1cccc(S(=O)(=O)Nc2cc(C3CCCCC3)nn2C)c1. The number of hydrogen-bond acceptors (Lipinski definition) is 4. The van der Waals surface area contributed by atoms with Gasteiger partial charge < -0.3 is 4.90 Å². The largest absolute Gasteiger partial charge is 0.378 e. The molecule has 1 aromatic carbocycles. The smallest absolute Gasteiger partial charge is 0.263 e. The topological polar surface area (TPSA) is 67.2 Å². The van der Waals surface area contributed by atoms with Crippen LogP contribution in [-0.4, -0.2) is 32.3 Å². The van der Waals surface area contributed by atoms with Crippen LogP contribution in [0.15, 0.2) is 35.2 Å². The minimum absolute atomic E-state index is 0.249. The fourth-order valence-corrected chi connectivity index (χ4v) is 4.43. The van der Waals surface area contributed by atoms with E-state index >= 15 is 0 Å². The second-order valence-corrected chi connectivity index (χ2v) is 8.59. The summed E-state index contributed by atoms with van der Waals surface area (Å²) in [5, 5.41) is 4.54. The lowest BCUT2D eigenvalue weighted by molar-refractivity contribution is 0.433. The highest BCUT2D eigenvalue weighted by Crippen LogP contribution is 2.33. The van der Waals surface area contributed by atoms with Gasteiger partial charge in [-0.15, -0.1) is 0 Å². The Morgan fingerprint density at radius 1 is 1.16 bits per heavy atom. The number of sulfonamides is 1. The zero-order valence-corrected chi connectivity index (χ0v) is 15.9. The van der Waals surface area contributed by atoms with Crippen LogP contribution in [-0.2, 0) is 17.1 Å². The second kappa shape index (κ2) is 7.07. The van der Waals surface area contributed by atoms with Gasteiger partial charge in [-0.05, 0) is 31.0 Å². The molecule has 1 N–H and O–H groups in total. The van der Waals surface area contributed by atoms with Crippen LogP contribution in [0.4, 0.5) is 11.5 Å². The number of nitrogens with one attached hydrogen (secondary N) is 1. The third kappa shape index (κ3) is 3.98. The van der Waals surface area contributed by atoms with E-state index in [4.69, 9.17) is 0 Å². The molecule has 3 rings (SSSR count). The minimum Gasteiger partial charge on any atom is -0.378 e. The molecule has 1 saturated carbocycles. The van der Waals surface area contributed by atoms with Gasteiger partial charge in [0.2, 0.25) is 0 Å². The van der Waals surface area contributed by atoms with Gasteiger partial charge in [0, 0.05) is 38.8 Å². The van der Waals surface area contributed by atoms with Crippen LogP contribution in [0.1, 0.15) is 43.7 Å². The Morgan fingerprint density at radius 3 is 2.56 bits per heavy atom. The van der Waals surface area contributed by atoms with Crippen molar-refractivity contribution in [2.24, 2.45) is 7.05 Å². The predicted molar refractivity (Wildman–Crippen MR) is 101 cm³/mol. The van der Waals surface area contributed by atoms with Gasteiger partial charge >= 0.3 is 0 Å². The fraction of sp³-hybridized carbons (Fsp3) is 0.500. The number of hydrogen-bond donors (Lipinski definition) is 1. The van der Waals surface area contributed by atoms with Crippen molar-refractivity contribution in [1.82, 2.24) is 9.78 Å². The minimum atomic E-state index is -3.65. The van der Waals surface area contributed by atoms with E-state index in [-0.39, 0.29) is 4.90 Å². The van der Waals surface area contributed by atoms with E-state index in [2.05, 4.69) is 9.82 Å². The van der Waals surface area contributed by atoms with Gasteiger partial charge in [-0.2, -0.15) is 5.10 Å². The van der Waals surface area contributed by atoms with Crippen LogP contribution < -0.4 is 9.62 Å². The summed E-state index contributed by atoms with van der Waals surface area (Å²) in [4.78, 5) is 2.13. The van der Waals surface area contributed by atoms with Gasteiger partial charge in [0.15, 0.2) is 0 Å². The standard InChI is InChI=1S/C18H26N4O2S/c1-21(2)15-10-7-11-16(12-15)25(23,24)20-18-13-17(19-22(18)3)14-8-5-4-6-9-14/h7,10-14,20H,4-6,8-9H2,1-3H3. The van der Waals surface area contributed by atoms with Gasteiger partial charge in [-0.3, -0.25) is 9.40 Å². The first-order valence-corrected chi connectivity index (χ1v) is 10.2. The van der Waals surface area contributed by atoms with Crippen LogP contribution in [0.5, 0.6) is 0 Å².